The Morgan fingerprint density at radius 3 is 2.86 bits per heavy atom. The highest BCUT2D eigenvalue weighted by Crippen LogP contribution is 2.23. The average Bonchev–Trinajstić information content (AvgIpc) is 2.57. The molecular weight excluding hydrogens is 178 g/mol. The van der Waals surface area contributed by atoms with Crippen molar-refractivity contribution >= 4 is 6.09 Å². The van der Waals surface area contributed by atoms with Gasteiger partial charge in [-0.1, -0.05) is 18.2 Å². The van der Waals surface area contributed by atoms with E-state index in [1.54, 1.807) is 0 Å². The van der Waals surface area contributed by atoms with Gasteiger partial charge in [0.2, 0.25) is 0 Å². The largest absolute Gasteiger partial charge is 0.447 e. The summed E-state index contributed by atoms with van der Waals surface area (Å²) in [6, 6.07) is 6.11. The third kappa shape index (κ3) is 1.45. The average molecular weight is 191 g/mol. The second-order valence-electron chi connectivity index (χ2n) is 3.58. The van der Waals surface area contributed by atoms with Crippen LogP contribution < -0.4 is 5.32 Å². The van der Waals surface area contributed by atoms with Gasteiger partial charge in [0.05, 0.1) is 6.04 Å². The van der Waals surface area contributed by atoms with Crippen LogP contribution in [-0.4, -0.2) is 12.7 Å². The lowest BCUT2D eigenvalue weighted by Crippen LogP contribution is -2.19. The van der Waals surface area contributed by atoms with Crippen LogP contribution in [0, 0.1) is 13.8 Å². The van der Waals surface area contributed by atoms with Crippen molar-refractivity contribution in [3.8, 4) is 0 Å². The Kier molecular flexibility index (Phi) is 2.15. The van der Waals surface area contributed by atoms with Gasteiger partial charge in [-0.25, -0.2) is 4.79 Å². The number of carbonyl (C=O) groups excluding carboxylic acids is 1. The molecule has 1 atom stereocenters. The van der Waals surface area contributed by atoms with Gasteiger partial charge in [-0.05, 0) is 30.5 Å². The van der Waals surface area contributed by atoms with Gasteiger partial charge in [-0.2, -0.15) is 0 Å². The molecule has 1 heterocycles. The van der Waals surface area contributed by atoms with E-state index in [0.717, 1.165) is 5.56 Å². The van der Waals surface area contributed by atoms with E-state index in [9.17, 15) is 4.79 Å². The highest BCUT2D eigenvalue weighted by atomic mass is 16.6. The summed E-state index contributed by atoms with van der Waals surface area (Å²) < 4.78 is 4.86. The third-order valence-electron chi connectivity index (χ3n) is 2.70. The zero-order valence-corrected chi connectivity index (χ0v) is 8.33. The number of hydrogen-bond donors (Lipinski definition) is 1. The van der Waals surface area contributed by atoms with Gasteiger partial charge < -0.3 is 10.1 Å². The number of aryl methyl sites for hydroxylation is 1. The van der Waals surface area contributed by atoms with Crippen LogP contribution in [0.2, 0.25) is 0 Å². The smallest absolute Gasteiger partial charge is 0.407 e. The van der Waals surface area contributed by atoms with E-state index in [1.165, 1.54) is 11.1 Å². The standard InChI is InChI=1S/C11H13NO2/c1-7-4-3-5-9(8(7)2)10-6-14-11(13)12-10/h3-5,10H,6H2,1-2H3,(H,12,13)/t10-/m1/s1. The Morgan fingerprint density at radius 2 is 2.21 bits per heavy atom. The molecule has 74 valence electrons. The molecule has 0 unspecified atom stereocenters. The van der Waals surface area contributed by atoms with Crippen LogP contribution in [0.5, 0.6) is 0 Å². The Labute approximate surface area is 83.1 Å². The SMILES string of the molecule is Cc1cccc([C@H]2COC(=O)N2)c1C. The third-order valence-corrected chi connectivity index (χ3v) is 2.70. The summed E-state index contributed by atoms with van der Waals surface area (Å²) in [4.78, 5) is 10.9. The second kappa shape index (κ2) is 3.33. The van der Waals surface area contributed by atoms with E-state index >= 15 is 0 Å². The number of ether oxygens (including phenoxy) is 1. The van der Waals surface area contributed by atoms with Crippen LogP contribution in [0.4, 0.5) is 4.79 Å². The van der Waals surface area contributed by atoms with Gasteiger partial charge >= 0.3 is 6.09 Å². The van der Waals surface area contributed by atoms with Gasteiger partial charge in [0.1, 0.15) is 6.61 Å². The predicted octanol–water partition coefficient (Wildman–Crippen LogP) is 2.08. The molecule has 1 aromatic rings. The highest BCUT2D eigenvalue weighted by Gasteiger charge is 2.24. The number of benzene rings is 1. The zero-order valence-electron chi connectivity index (χ0n) is 8.33. The van der Waals surface area contributed by atoms with Crippen LogP contribution in [0.15, 0.2) is 18.2 Å². The number of hydrogen-bond acceptors (Lipinski definition) is 2. The number of carbonyl (C=O) groups is 1. The normalized spacial score (nSPS) is 20.4. The van der Waals surface area contributed by atoms with Crippen LogP contribution in [0.25, 0.3) is 0 Å². The van der Waals surface area contributed by atoms with Crippen molar-refractivity contribution in [1.82, 2.24) is 5.32 Å². The van der Waals surface area contributed by atoms with Gasteiger partial charge in [0.15, 0.2) is 0 Å². The lowest BCUT2D eigenvalue weighted by Gasteiger charge is -2.12. The lowest BCUT2D eigenvalue weighted by atomic mass is 9.98. The topological polar surface area (TPSA) is 38.3 Å². The first kappa shape index (κ1) is 9.06. The Balaban J connectivity index is 2.32. The minimum absolute atomic E-state index is 0.0161. The molecule has 1 aromatic carbocycles. The molecule has 1 aliphatic heterocycles. The maximum atomic E-state index is 10.9. The van der Waals surface area contributed by atoms with E-state index in [0.29, 0.717) is 6.61 Å². The van der Waals surface area contributed by atoms with Crippen LogP contribution in [0.3, 0.4) is 0 Å². The molecule has 14 heavy (non-hydrogen) atoms. The van der Waals surface area contributed by atoms with E-state index in [-0.39, 0.29) is 12.1 Å². The van der Waals surface area contributed by atoms with E-state index < -0.39 is 0 Å². The molecule has 0 aromatic heterocycles. The first-order chi connectivity index (χ1) is 6.68. The molecular formula is C11H13NO2. The molecule has 1 saturated heterocycles. The number of nitrogens with one attached hydrogen (secondary N) is 1. The molecule has 2 rings (SSSR count). The quantitative estimate of drug-likeness (QED) is 0.738. The molecule has 3 nitrogen and oxygen atoms in total. The Morgan fingerprint density at radius 1 is 1.43 bits per heavy atom. The summed E-state index contributed by atoms with van der Waals surface area (Å²) in [5, 5.41) is 2.78. The fourth-order valence-corrected chi connectivity index (χ4v) is 1.70. The number of cyclic esters (lactones) is 1. The summed E-state index contributed by atoms with van der Waals surface area (Å²) in [6.07, 6.45) is -0.323. The second-order valence-corrected chi connectivity index (χ2v) is 3.58. The highest BCUT2D eigenvalue weighted by molar-refractivity contribution is 5.70. The molecule has 1 amide bonds. The van der Waals surface area contributed by atoms with Crippen molar-refractivity contribution in [1.29, 1.82) is 0 Å². The summed E-state index contributed by atoms with van der Waals surface area (Å²) in [7, 11) is 0. The van der Waals surface area contributed by atoms with E-state index in [2.05, 4.69) is 25.2 Å². The maximum absolute atomic E-state index is 10.9. The summed E-state index contributed by atoms with van der Waals surface area (Å²) in [5.74, 6) is 0. The maximum Gasteiger partial charge on any atom is 0.407 e. The summed E-state index contributed by atoms with van der Waals surface area (Å²) in [6.45, 7) is 4.56. The monoisotopic (exact) mass is 191 g/mol. The Hall–Kier alpha value is -1.51. The van der Waals surface area contributed by atoms with Crippen LogP contribution >= 0.6 is 0 Å². The van der Waals surface area contributed by atoms with Crippen molar-refractivity contribution < 1.29 is 9.53 Å². The predicted molar refractivity (Wildman–Crippen MR) is 53.1 cm³/mol. The Bertz CT molecular complexity index is 374. The van der Waals surface area contributed by atoms with Gasteiger partial charge in [0.25, 0.3) is 0 Å². The van der Waals surface area contributed by atoms with E-state index in [1.807, 2.05) is 12.1 Å². The van der Waals surface area contributed by atoms with E-state index in [4.69, 9.17) is 4.74 Å². The van der Waals surface area contributed by atoms with Gasteiger partial charge in [-0.3, -0.25) is 0 Å². The first-order valence-corrected chi connectivity index (χ1v) is 4.68. The van der Waals surface area contributed by atoms with Crippen molar-refractivity contribution in [2.75, 3.05) is 6.61 Å². The van der Waals surface area contributed by atoms with Gasteiger partial charge in [-0.15, -0.1) is 0 Å². The van der Waals surface area contributed by atoms with Gasteiger partial charge in [0, 0.05) is 0 Å². The lowest BCUT2D eigenvalue weighted by molar-refractivity contribution is 0.177. The summed E-state index contributed by atoms with van der Waals surface area (Å²) >= 11 is 0. The van der Waals surface area contributed by atoms with Crippen LogP contribution in [0.1, 0.15) is 22.7 Å². The number of alkyl carbamates (subject to hydrolysis) is 1. The molecule has 0 aliphatic carbocycles. The molecule has 0 spiro atoms. The molecule has 1 fully saturated rings. The van der Waals surface area contributed by atoms with Crippen LogP contribution in [-0.2, 0) is 4.74 Å². The minimum atomic E-state index is -0.323. The molecule has 1 aliphatic rings. The zero-order chi connectivity index (χ0) is 10.1. The molecule has 1 N–H and O–H groups in total. The number of amides is 1. The summed E-state index contributed by atoms with van der Waals surface area (Å²) in [5.41, 5.74) is 3.61. The van der Waals surface area contributed by atoms with Crippen molar-refractivity contribution in [3.63, 3.8) is 0 Å². The molecule has 3 heteroatoms. The fraction of sp³-hybridized carbons (Fsp3) is 0.364. The van der Waals surface area contributed by atoms with Crippen molar-refractivity contribution in [2.24, 2.45) is 0 Å². The van der Waals surface area contributed by atoms with Crippen molar-refractivity contribution in [3.05, 3.63) is 34.9 Å². The molecule has 0 bridgehead atoms. The van der Waals surface area contributed by atoms with Crippen molar-refractivity contribution in [2.45, 2.75) is 19.9 Å². The molecule has 0 saturated carbocycles. The number of rotatable bonds is 1. The fourth-order valence-electron chi connectivity index (χ4n) is 1.70. The first-order valence-electron chi connectivity index (χ1n) is 4.68. The minimum Gasteiger partial charge on any atom is -0.447 e. The molecule has 0 radical (unpaired) electrons.